The van der Waals surface area contributed by atoms with Gasteiger partial charge in [-0.05, 0) is 94.6 Å². The van der Waals surface area contributed by atoms with Crippen LogP contribution in [0.1, 0.15) is 66.6 Å². The number of carbonyl (C=O) groups is 5. The maximum Gasteiger partial charge on any atom is 0.413 e. The van der Waals surface area contributed by atoms with Gasteiger partial charge in [-0.15, -0.1) is 23.4 Å². The third-order valence-corrected chi connectivity index (χ3v) is 10.4. The molecule has 2 unspecified atom stereocenters. The molecule has 0 spiro atoms. The van der Waals surface area contributed by atoms with Gasteiger partial charge in [-0.25, -0.2) is 19.4 Å². The molecule has 2 aromatic rings. The summed E-state index contributed by atoms with van der Waals surface area (Å²) < 4.78 is 21.7. The largest absolute Gasteiger partial charge is 0.497 e. The summed E-state index contributed by atoms with van der Waals surface area (Å²) in [5.74, 6) is -2.06. The number of β-lactam (4-membered cyclic amide) rings is 1. The first-order chi connectivity index (χ1) is 24.6. The zero-order chi connectivity index (χ0) is 39.5. The number of nitrogens with one attached hydrogen (secondary N) is 2. The summed E-state index contributed by atoms with van der Waals surface area (Å²) in [6, 6.07) is 5.86. The highest BCUT2D eigenvalue weighted by atomic mass is 79.9. The van der Waals surface area contributed by atoms with Crippen LogP contribution in [0.15, 0.2) is 44.5 Å². The molecule has 3 heterocycles. The van der Waals surface area contributed by atoms with Crippen LogP contribution in [0.3, 0.4) is 0 Å². The summed E-state index contributed by atoms with van der Waals surface area (Å²) in [6.45, 7) is 12.9. The van der Waals surface area contributed by atoms with E-state index < -0.39 is 63.8 Å². The van der Waals surface area contributed by atoms with E-state index in [1.54, 1.807) is 72.9 Å². The molecule has 19 heteroatoms. The standard InChI is InChI=1S/C34H41BrClN5O10S2/c1-32(2,3)49-29(45)34(7,8)51-40-21(20-24(35)53-30(38-20)39-31(46)50-33(4,5)6)25(42)37-22-26(43)41-23(18(14-36)16-52-27(22)41)28(44)48-15-17-10-12-19(47-9)13-11-17/h10-13,22,27H,14-16H2,1-9H3,(H,37,42)(H,38,39,46)/b40-21-. The van der Waals surface area contributed by atoms with Crippen molar-refractivity contribution in [1.29, 1.82) is 0 Å². The number of rotatable bonds is 12. The number of halogens is 2. The quantitative estimate of drug-likeness (QED) is 0.0661. The van der Waals surface area contributed by atoms with Gasteiger partial charge in [-0.1, -0.05) is 28.6 Å². The minimum absolute atomic E-state index is 0.0178. The molecule has 0 saturated carbocycles. The average molecular weight is 859 g/mol. The first-order valence-electron chi connectivity index (χ1n) is 16.1. The number of ether oxygens (including phenoxy) is 4. The second-order valence-corrected chi connectivity index (χ2v) is 17.9. The maximum absolute atomic E-state index is 14.0. The third kappa shape index (κ3) is 10.6. The number of hydrogen-bond acceptors (Lipinski definition) is 14. The number of methoxy groups -OCH3 is 1. The lowest BCUT2D eigenvalue weighted by molar-refractivity contribution is -0.179. The molecular formula is C34H41BrClN5O10S2. The summed E-state index contributed by atoms with van der Waals surface area (Å²) >= 11 is 11.8. The van der Waals surface area contributed by atoms with E-state index in [0.29, 0.717) is 22.6 Å². The first-order valence-corrected chi connectivity index (χ1v) is 19.3. The molecule has 2 N–H and O–H groups in total. The highest BCUT2D eigenvalue weighted by Gasteiger charge is 2.55. The number of anilines is 1. The van der Waals surface area contributed by atoms with Crippen LogP contribution >= 0.6 is 50.6 Å². The van der Waals surface area contributed by atoms with Crippen molar-refractivity contribution in [1.82, 2.24) is 15.2 Å². The SMILES string of the molecule is COc1ccc(COC(=O)C2=C(CCl)CSC3C(NC(=O)/C(=N\OC(C)(C)C(=O)OC(C)(C)C)c4nc(NC(=O)OC(C)(C)C)sc4Br)C(=O)N23)cc1. The van der Waals surface area contributed by atoms with Gasteiger partial charge in [0.25, 0.3) is 11.8 Å². The predicted octanol–water partition coefficient (Wildman–Crippen LogP) is 5.74. The fraction of sp³-hybridized carbons (Fsp3) is 0.500. The molecule has 3 amide bonds. The van der Waals surface area contributed by atoms with Gasteiger partial charge >= 0.3 is 18.0 Å². The summed E-state index contributed by atoms with van der Waals surface area (Å²) in [4.78, 5) is 77.6. The number of esters is 2. The number of aromatic nitrogens is 1. The highest BCUT2D eigenvalue weighted by Crippen LogP contribution is 2.41. The Morgan fingerprint density at radius 1 is 1.04 bits per heavy atom. The molecule has 0 bridgehead atoms. The molecular weight excluding hydrogens is 818 g/mol. The van der Waals surface area contributed by atoms with Crippen LogP contribution in [0.5, 0.6) is 5.75 Å². The van der Waals surface area contributed by atoms with E-state index in [-0.39, 0.29) is 32.8 Å². The average Bonchev–Trinajstić information content (AvgIpc) is 3.42. The minimum Gasteiger partial charge on any atom is -0.497 e. The molecule has 1 saturated heterocycles. The van der Waals surface area contributed by atoms with Gasteiger partial charge in [0.2, 0.25) is 5.60 Å². The Balaban J connectivity index is 1.57. The van der Waals surface area contributed by atoms with Crippen molar-refractivity contribution in [2.75, 3.05) is 24.1 Å². The summed E-state index contributed by atoms with van der Waals surface area (Å²) in [5.41, 5.74) is -2.56. The lowest BCUT2D eigenvalue weighted by Gasteiger charge is -2.49. The first kappa shape index (κ1) is 41.9. The van der Waals surface area contributed by atoms with Gasteiger partial charge in [0, 0.05) is 11.6 Å². The number of oxime groups is 1. The van der Waals surface area contributed by atoms with Gasteiger partial charge in [-0.2, -0.15) is 0 Å². The lowest BCUT2D eigenvalue weighted by atomic mass is 10.0. The summed E-state index contributed by atoms with van der Waals surface area (Å²) in [7, 11) is 1.54. The van der Waals surface area contributed by atoms with Gasteiger partial charge in [0.1, 0.15) is 50.2 Å². The van der Waals surface area contributed by atoms with Crippen molar-refractivity contribution in [2.24, 2.45) is 5.16 Å². The number of nitrogens with zero attached hydrogens (tertiary/aromatic N) is 3. The molecule has 53 heavy (non-hydrogen) atoms. The number of carbonyl (C=O) groups excluding carboxylic acids is 5. The molecule has 1 aromatic carbocycles. The fourth-order valence-corrected chi connectivity index (χ4v) is 7.70. The van der Waals surface area contributed by atoms with Crippen LogP contribution < -0.4 is 15.4 Å². The second-order valence-electron chi connectivity index (χ2n) is 14.2. The van der Waals surface area contributed by atoms with Crippen LogP contribution in [0.25, 0.3) is 0 Å². The smallest absolute Gasteiger partial charge is 0.413 e. The molecule has 4 rings (SSSR count). The molecule has 288 valence electrons. The Hall–Kier alpha value is -3.87. The van der Waals surface area contributed by atoms with Gasteiger partial charge in [-0.3, -0.25) is 19.8 Å². The molecule has 1 aromatic heterocycles. The Bertz CT molecular complexity index is 1820. The van der Waals surface area contributed by atoms with Crippen molar-refractivity contribution < 1.29 is 47.8 Å². The second kappa shape index (κ2) is 16.7. The normalized spacial score (nSPS) is 17.7. The van der Waals surface area contributed by atoms with Crippen LogP contribution in [0, 0.1) is 0 Å². The molecule has 2 atom stereocenters. The van der Waals surface area contributed by atoms with E-state index in [1.807, 2.05) is 0 Å². The van der Waals surface area contributed by atoms with E-state index in [4.69, 9.17) is 35.4 Å². The molecule has 2 aliphatic rings. The zero-order valence-corrected chi connectivity index (χ0v) is 34.6. The molecule has 0 aliphatic carbocycles. The van der Waals surface area contributed by atoms with Crippen molar-refractivity contribution in [2.45, 2.75) is 90.2 Å². The van der Waals surface area contributed by atoms with E-state index >= 15 is 0 Å². The number of amides is 3. The predicted molar refractivity (Wildman–Crippen MR) is 203 cm³/mol. The molecule has 15 nitrogen and oxygen atoms in total. The number of thioether (sulfide) groups is 1. The number of fused-ring (bicyclic) bond motifs is 1. The topological polar surface area (TPSA) is 184 Å². The Morgan fingerprint density at radius 3 is 2.26 bits per heavy atom. The molecule has 2 aliphatic heterocycles. The zero-order valence-electron chi connectivity index (χ0n) is 30.6. The number of hydrogen-bond donors (Lipinski definition) is 2. The van der Waals surface area contributed by atoms with E-state index in [9.17, 15) is 24.0 Å². The van der Waals surface area contributed by atoms with Gasteiger partial charge < -0.3 is 29.1 Å². The van der Waals surface area contributed by atoms with E-state index in [1.165, 1.54) is 30.5 Å². The fourth-order valence-electron chi connectivity index (χ4n) is 4.61. The lowest BCUT2D eigenvalue weighted by Crippen LogP contribution is -2.71. The van der Waals surface area contributed by atoms with Gasteiger partial charge in [0.15, 0.2) is 10.8 Å². The molecule has 0 radical (unpaired) electrons. The van der Waals surface area contributed by atoms with Crippen molar-refractivity contribution in [3.63, 3.8) is 0 Å². The minimum atomic E-state index is -1.66. The third-order valence-electron chi connectivity index (χ3n) is 7.11. The number of alkyl halides is 1. The molecule has 1 fully saturated rings. The van der Waals surface area contributed by atoms with E-state index in [0.717, 1.165) is 11.3 Å². The summed E-state index contributed by atoms with van der Waals surface area (Å²) in [6.07, 6.45) is -0.785. The van der Waals surface area contributed by atoms with Crippen molar-refractivity contribution in [3.8, 4) is 5.75 Å². The van der Waals surface area contributed by atoms with E-state index in [2.05, 4.69) is 36.7 Å². The highest BCUT2D eigenvalue weighted by molar-refractivity contribution is 9.11. The van der Waals surface area contributed by atoms with Crippen LogP contribution in [0.2, 0.25) is 0 Å². The Labute approximate surface area is 328 Å². The maximum atomic E-state index is 14.0. The monoisotopic (exact) mass is 857 g/mol. The Morgan fingerprint density at radius 2 is 1.68 bits per heavy atom. The van der Waals surface area contributed by atoms with Crippen LogP contribution in [0.4, 0.5) is 9.93 Å². The summed E-state index contributed by atoms with van der Waals surface area (Å²) in [5, 5.41) is 8.59. The van der Waals surface area contributed by atoms with Crippen LogP contribution in [-0.4, -0.2) is 92.4 Å². The van der Waals surface area contributed by atoms with Crippen molar-refractivity contribution >= 4 is 91.3 Å². The Kier molecular flexibility index (Phi) is 13.2. The number of benzene rings is 1. The van der Waals surface area contributed by atoms with Gasteiger partial charge in [0.05, 0.1) is 7.11 Å². The van der Waals surface area contributed by atoms with Crippen LogP contribution in [-0.2, 0) is 44.8 Å². The number of thiazole rings is 1. The van der Waals surface area contributed by atoms with Crippen molar-refractivity contribution in [3.05, 3.63) is 50.6 Å².